The van der Waals surface area contributed by atoms with E-state index < -0.39 is 6.36 Å². The second-order valence-corrected chi connectivity index (χ2v) is 5.81. The van der Waals surface area contributed by atoms with Gasteiger partial charge in [-0.05, 0) is 42.9 Å². The van der Waals surface area contributed by atoms with E-state index in [1.54, 1.807) is 12.1 Å². The molecule has 0 heterocycles. The summed E-state index contributed by atoms with van der Waals surface area (Å²) < 4.78 is 40.1. The van der Waals surface area contributed by atoms with Crippen molar-refractivity contribution in [3.63, 3.8) is 0 Å². The topological polar surface area (TPSA) is 35.2 Å². The fourth-order valence-electron chi connectivity index (χ4n) is 3.01. The molecule has 1 fully saturated rings. The van der Waals surface area contributed by atoms with E-state index in [0.717, 1.165) is 18.4 Å². The number of rotatable bonds is 4. The zero-order valence-corrected chi connectivity index (χ0v) is 12.0. The summed E-state index contributed by atoms with van der Waals surface area (Å²) in [6.07, 6.45) is 3.43. The molecular formula is C16H22F3NO. The third-order valence-corrected chi connectivity index (χ3v) is 4.13. The van der Waals surface area contributed by atoms with Gasteiger partial charge in [-0.1, -0.05) is 37.8 Å². The van der Waals surface area contributed by atoms with Gasteiger partial charge in [-0.15, -0.1) is 13.2 Å². The van der Waals surface area contributed by atoms with E-state index in [0.29, 0.717) is 12.3 Å². The highest BCUT2D eigenvalue weighted by atomic mass is 19.4. The minimum atomic E-state index is -4.64. The normalized spacial score (nSPS) is 19.0. The van der Waals surface area contributed by atoms with Crippen LogP contribution in [0.3, 0.4) is 0 Å². The summed E-state index contributed by atoms with van der Waals surface area (Å²) in [6.45, 7) is 0. The summed E-state index contributed by atoms with van der Waals surface area (Å²) in [5, 5.41) is 0. The Morgan fingerprint density at radius 1 is 1.05 bits per heavy atom. The lowest BCUT2D eigenvalue weighted by Crippen LogP contribution is -2.32. The molecule has 0 radical (unpaired) electrons. The van der Waals surface area contributed by atoms with Crippen molar-refractivity contribution in [3.8, 4) is 5.75 Å². The maximum absolute atomic E-state index is 12.1. The lowest BCUT2D eigenvalue weighted by Gasteiger charge is -2.22. The van der Waals surface area contributed by atoms with Gasteiger partial charge < -0.3 is 10.5 Å². The Morgan fingerprint density at radius 2 is 1.62 bits per heavy atom. The van der Waals surface area contributed by atoms with Crippen LogP contribution >= 0.6 is 0 Å². The van der Waals surface area contributed by atoms with Crippen LogP contribution in [-0.2, 0) is 6.42 Å². The minimum Gasteiger partial charge on any atom is -0.406 e. The van der Waals surface area contributed by atoms with Crippen molar-refractivity contribution in [1.82, 2.24) is 0 Å². The van der Waals surface area contributed by atoms with Crippen molar-refractivity contribution in [1.29, 1.82) is 0 Å². The molecule has 1 saturated carbocycles. The first-order chi connectivity index (χ1) is 9.94. The zero-order valence-electron chi connectivity index (χ0n) is 12.0. The summed E-state index contributed by atoms with van der Waals surface area (Å²) in [6, 6.07) is 6.11. The summed E-state index contributed by atoms with van der Waals surface area (Å²) in [5.74, 6) is 0.341. The molecule has 0 aliphatic heterocycles. The highest BCUT2D eigenvalue weighted by Gasteiger charge is 2.31. The van der Waals surface area contributed by atoms with E-state index >= 15 is 0 Å². The number of hydrogen-bond donors (Lipinski definition) is 1. The molecule has 0 aromatic heterocycles. The Labute approximate surface area is 123 Å². The first kappa shape index (κ1) is 16.1. The van der Waals surface area contributed by atoms with Gasteiger partial charge in [0.05, 0.1) is 0 Å². The number of hydrogen-bond acceptors (Lipinski definition) is 2. The second-order valence-electron chi connectivity index (χ2n) is 5.81. The molecule has 1 aromatic carbocycles. The van der Waals surface area contributed by atoms with Gasteiger partial charge in [0.2, 0.25) is 0 Å². The number of ether oxygens (including phenoxy) is 1. The monoisotopic (exact) mass is 301 g/mol. The van der Waals surface area contributed by atoms with Crippen molar-refractivity contribution in [2.75, 3.05) is 0 Å². The predicted octanol–water partition coefficient (Wildman–Crippen LogP) is 4.43. The molecule has 2 rings (SSSR count). The van der Waals surface area contributed by atoms with Crippen LogP contribution in [0.2, 0.25) is 0 Å². The van der Waals surface area contributed by atoms with Gasteiger partial charge in [0.25, 0.3) is 0 Å². The van der Waals surface area contributed by atoms with Crippen molar-refractivity contribution >= 4 is 0 Å². The van der Waals surface area contributed by atoms with Crippen LogP contribution in [0.5, 0.6) is 5.75 Å². The van der Waals surface area contributed by atoms with Gasteiger partial charge in [0.1, 0.15) is 5.75 Å². The molecular weight excluding hydrogens is 279 g/mol. The fraction of sp³-hybridized carbons (Fsp3) is 0.625. The van der Waals surface area contributed by atoms with Crippen LogP contribution < -0.4 is 10.5 Å². The van der Waals surface area contributed by atoms with Crippen molar-refractivity contribution < 1.29 is 17.9 Å². The first-order valence-electron chi connectivity index (χ1n) is 7.54. The summed E-state index contributed by atoms with van der Waals surface area (Å²) in [5.41, 5.74) is 7.24. The Balaban J connectivity index is 1.90. The Bertz CT molecular complexity index is 422. The molecule has 0 spiro atoms. The lowest BCUT2D eigenvalue weighted by molar-refractivity contribution is -0.274. The van der Waals surface area contributed by atoms with Crippen LogP contribution in [0.25, 0.3) is 0 Å². The molecule has 0 amide bonds. The maximum atomic E-state index is 12.1. The van der Waals surface area contributed by atoms with E-state index in [-0.39, 0.29) is 11.8 Å². The van der Waals surface area contributed by atoms with E-state index in [1.807, 2.05) is 0 Å². The van der Waals surface area contributed by atoms with Gasteiger partial charge in [-0.25, -0.2) is 0 Å². The zero-order chi connectivity index (χ0) is 15.3. The number of halogens is 3. The molecule has 1 atom stereocenters. The number of nitrogens with two attached hydrogens (primary N) is 1. The minimum absolute atomic E-state index is 0.0810. The molecule has 1 aliphatic carbocycles. The molecule has 2 N–H and O–H groups in total. The fourth-order valence-corrected chi connectivity index (χ4v) is 3.01. The summed E-state index contributed by atoms with van der Waals surface area (Å²) >= 11 is 0. The van der Waals surface area contributed by atoms with Gasteiger partial charge in [-0.2, -0.15) is 0 Å². The molecule has 5 heteroatoms. The Hall–Kier alpha value is -1.23. The highest BCUT2D eigenvalue weighted by molar-refractivity contribution is 5.28. The van der Waals surface area contributed by atoms with Gasteiger partial charge in [0, 0.05) is 6.04 Å². The van der Waals surface area contributed by atoms with Gasteiger partial charge >= 0.3 is 6.36 Å². The third-order valence-electron chi connectivity index (χ3n) is 4.13. The van der Waals surface area contributed by atoms with Crippen molar-refractivity contribution in [2.24, 2.45) is 11.7 Å². The van der Waals surface area contributed by atoms with Crippen LogP contribution in [0.15, 0.2) is 24.3 Å². The second kappa shape index (κ2) is 7.16. The van der Waals surface area contributed by atoms with E-state index in [9.17, 15) is 13.2 Å². The molecule has 118 valence electrons. The van der Waals surface area contributed by atoms with E-state index in [4.69, 9.17) is 5.73 Å². The average Bonchev–Trinajstić information content (AvgIpc) is 2.68. The van der Waals surface area contributed by atoms with Gasteiger partial charge in [0.15, 0.2) is 0 Å². The number of alkyl halides is 3. The lowest BCUT2D eigenvalue weighted by atomic mass is 9.88. The molecule has 1 aromatic rings. The largest absolute Gasteiger partial charge is 0.573 e. The summed E-state index contributed by atoms with van der Waals surface area (Å²) in [4.78, 5) is 0. The quantitative estimate of drug-likeness (QED) is 0.835. The number of benzene rings is 1. The summed E-state index contributed by atoms with van der Waals surface area (Å²) in [7, 11) is 0. The van der Waals surface area contributed by atoms with Gasteiger partial charge in [-0.3, -0.25) is 0 Å². The first-order valence-corrected chi connectivity index (χ1v) is 7.54. The van der Waals surface area contributed by atoms with Crippen LogP contribution in [0, 0.1) is 5.92 Å². The Kier molecular flexibility index (Phi) is 5.51. The SMILES string of the molecule is NC(Cc1ccc(OC(F)(F)F)cc1)C1CCCCCC1. The molecule has 21 heavy (non-hydrogen) atoms. The van der Waals surface area contributed by atoms with E-state index in [2.05, 4.69) is 4.74 Å². The molecule has 0 bridgehead atoms. The standard InChI is InChI=1S/C16H22F3NO/c17-16(18,19)21-14-9-7-12(8-10-14)11-15(20)13-5-3-1-2-4-6-13/h7-10,13,15H,1-6,11,20H2. The predicted molar refractivity (Wildman–Crippen MR) is 76.0 cm³/mol. The van der Waals surface area contributed by atoms with Crippen LogP contribution in [0.1, 0.15) is 44.1 Å². The molecule has 2 nitrogen and oxygen atoms in total. The highest BCUT2D eigenvalue weighted by Crippen LogP contribution is 2.27. The van der Waals surface area contributed by atoms with E-state index in [1.165, 1.54) is 37.8 Å². The molecule has 1 unspecified atom stereocenters. The van der Waals surface area contributed by atoms with Crippen LogP contribution in [0.4, 0.5) is 13.2 Å². The van der Waals surface area contributed by atoms with Crippen molar-refractivity contribution in [2.45, 2.75) is 57.3 Å². The third kappa shape index (κ3) is 5.58. The maximum Gasteiger partial charge on any atom is 0.573 e. The molecule has 0 saturated heterocycles. The average molecular weight is 301 g/mol. The molecule has 1 aliphatic rings. The Morgan fingerprint density at radius 3 is 2.14 bits per heavy atom. The van der Waals surface area contributed by atoms with Crippen molar-refractivity contribution in [3.05, 3.63) is 29.8 Å². The van der Waals surface area contributed by atoms with Crippen LogP contribution in [-0.4, -0.2) is 12.4 Å². The smallest absolute Gasteiger partial charge is 0.406 e.